The number of amides is 1. The van der Waals surface area contributed by atoms with Gasteiger partial charge in [0.05, 0.1) is 42.4 Å². The standard InChI is InChI=1S/C27H37BN2O5/c1-15(2)19(14-24(31)33-7)25(32)30-22-12-17(22)13-23(30)21-11-16-10-18(8-9-20(16)29-21)28-34-26(3,4)27(5,6)35-28/h8-10,15,17,19,22-23H,11-14H2,1-7H3/t17?,19-,22?,23-/m0/s1. The van der Waals surface area contributed by atoms with Gasteiger partial charge in [0.15, 0.2) is 0 Å². The lowest BCUT2D eigenvalue weighted by Gasteiger charge is -2.32. The Morgan fingerprint density at radius 1 is 1.17 bits per heavy atom. The van der Waals surface area contributed by atoms with Crippen LogP contribution in [0, 0.1) is 17.8 Å². The van der Waals surface area contributed by atoms with Crippen LogP contribution in [0.4, 0.5) is 5.69 Å². The Morgan fingerprint density at radius 2 is 1.86 bits per heavy atom. The summed E-state index contributed by atoms with van der Waals surface area (Å²) in [5.74, 6) is -0.0338. The second-order valence-electron chi connectivity index (χ2n) is 11.9. The van der Waals surface area contributed by atoms with Crippen molar-refractivity contribution in [3.63, 3.8) is 0 Å². The molecule has 5 rings (SSSR count). The average Bonchev–Trinajstić information content (AvgIpc) is 3.15. The molecule has 2 saturated heterocycles. The zero-order valence-electron chi connectivity index (χ0n) is 22.0. The molecule has 0 aromatic heterocycles. The van der Waals surface area contributed by atoms with Crippen LogP contribution in [0.25, 0.3) is 0 Å². The highest BCUT2D eigenvalue weighted by molar-refractivity contribution is 6.62. The van der Waals surface area contributed by atoms with E-state index in [-0.39, 0.29) is 53.4 Å². The van der Waals surface area contributed by atoms with Crippen LogP contribution in [-0.2, 0) is 30.1 Å². The first-order valence-electron chi connectivity index (χ1n) is 12.9. The van der Waals surface area contributed by atoms with Gasteiger partial charge in [-0.2, -0.15) is 0 Å². The van der Waals surface area contributed by atoms with Crippen molar-refractivity contribution >= 4 is 35.9 Å². The molecule has 0 radical (unpaired) electrons. The number of esters is 1. The Bertz CT molecular complexity index is 1070. The van der Waals surface area contributed by atoms with E-state index in [1.165, 1.54) is 7.11 Å². The number of hydrogen-bond donors (Lipinski definition) is 0. The van der Waals surface area contributed by atoms with Gasteiger partial charge in [0.25, 0.3) is 0 Å². The number of methoxy groups -OCH3 is 1. The summed E-state index contributed by atoms with van der Waals surface area (Å²) in [5, 5.41) is 0. The third-order valence-corrected chi connectivity index (χ3v) is 8.74. The molecule has 1 saturated carbocycles. The van der Waals surface area contributed by atoms with Gasteiger partial charge in [0, 0.05) is 18.2 Å². The Labute approximate surface area is 208 Å². The van der Waals surface area contributed by atoms with Gasteiger partial charge in [0.1, 0.15) is 0 Å². The van der Waals surface area contributed by atoms with Crippen molar-refractivity contribution in [2.45, 2.75) is 90.5 Å². The minimum atomic E-state index is -0.406. The van der Waals surface area contributed by atoms with Crippen LogP contribution in [-0.4, -0.2) is 60.0 Å². The number of carbonyl (C=O) groups is 2. The number of fused-ring (bicyclic) bond motifs is 2. The predicted molar refractivity (Wildman–Crippen MR) is 135 cm³/mol. The first-order chi connectivity index (χ1) is 16.4. The van der Waals surface area contributed by atoms with Crippen molar-refractivity contribution in [2.75, 3.05) is 7.11 Å². The molecule has 3 heterocycles. The molecule has 3 aliphatic heterocycles. The molecule has 7 nitrogen and oxygen atoms in total. The quantitative estimate of drug-likeness (QED) is 0.461. The van der Waals surface area contributed by atoms with Crippen molar-refractivity contribution in [1.29, 1.82) is 0 Å². The number of carbonyl (C=O) groups excluding carboxylic acids is 2. The molecule has 188 valence electrons. The second kappa shape index (κ2) is 8.44. The fourth-order valence-electron chi connectivity index (χ4n) is 5.70. The fourth-order valence-corrected chi connectivity index (χ4v) is 5.70. The van der Waals surface area contributed by atoms with Gasteiger partial charge in [-0.15, -0.1) is 0 Å². The number of nitrogens with zero attached hydrogens (tertiary/aromatic N) is 2. The molecule has 1 amide bonds. The Morgan fingerprint density at radius 3 is 2.49 bits per heavy atom. The second-order valence-corrected chi connectivity index (χ2v) is 11.9. The van der Waals surface area contributed by atoms with E-state index in [2.05, 4.69) is 38.7 Å². The highest BCUT2D eigenvalue weighted by Gasteiger charge is 2.56. The van der Waals surface area contributed by atoms with Gasteiger partial charge >= 0.3 is 13.1 Å². The molecule has 0 N–H and O–H groups in total. The molecule has 4 aliphatic rings. The highest BCUT2D eigenvalue weighted by Crippen LogP contribution is 2.50. The summed E-state index contributed by atoms with van der Waals surface area (Å²) >= 11 is 0. The number of hydrogen-bond acceptors (Lipinski definition) is 6. The maximum absolute atomic E-state index is 13.7. The van der Waals surface area contributed by atoms with Gasteiger partial charge in [-0.3, -0.25) is 14.6 Å². The molecule has 1 aliphatic carbocycles. The van der Waals surface area contributed by atoms with Crippen molar-refractivity contribution in [3.05, 3.63) is 23.8 Å². The van der Waals surface area contributed by atoms with Crippen LogP contribution < -0.4 is 5.46 Å². The summed E-state index contributed by atoms with van der Waals surface area (Å²) in [6.07, 6.45) is 2.85. The first kappa shape index (κ1) is 24.5. The van der Waals surface area contributed by atoms with Crippen LogP contribution in [0.15, 0.2) is 23.2 Å². The van der Waals surface area contributed by atoms with Crippen molar-refractivity contribution < 1.29 is 23.6 Å². The number of ether oxygens (including phenoxy) is 1. The van der Waals surface area contributed by atoms with Gasteiger partial charge in [0.2, 0.25) is 5.91 Å². The van der Waals surface area contributed by atoms with Crippen LogP contribution in [0.1, 0.15) is 66.4 Å². The van der Waals surface area contributed by atoms with E-state index >= 15 is 0 Å². The van der Waals surface area contributed by atoms with Crippen molar-refractivity contribution in [2.24, 2.45) is 22.7 Å². The zero-order valence-corrected chi connectivity index (χ0v) is 22.0. The molecule has 35 heavy (non-hydrogen) atoms. The Hall–Kier alpha value is -2.19. The van der Waals surface area contributed by atoms with Crippen LogP contribution in [0.2, 0.25) is 0 Å². The Balaban J connectivity index is 1.34. The predicted octanol–water partition coefficient (Wildman–Crippen LogP) is 3.44. The largest absolute Gasteiger partial charge is 0.494 e. The maximum atomic E-state index is 13.7. The molecular weight excluding hydrogens is 443 g/mol. The summed E-state index contributed by atoms with van der Waals surface area (Å²) < 4.78 is 17.4. The zero-order chi connectivity index (χ0) is 25.3. The van der Waals surface area contributed by atoms with Crippen LogP contribution >= 0.6 is 0 Å². The molecule has 2 unspecified atom stereocenters. The summed E-state index contributed by atoms with van der Waals surface area (Å²) in [6, 6.07) is 6.49. The monoisotopic (exact) mass is 480 g/mol. The lowest BCUT2D eigenvalue weighted by Crippen LogP contribution is -2.47. The average molecular weight is 480 g/mol. The molecule has 3 fully saturated rings. The van der Waals surface area contributed by atoms with Gasteiger partial charge in [-0.1, -0.05) is 26.0 Å². The molecule has 1 aromatic carbocycles. The summed E-state index contributed by atoms with van der Waals surface area (Å²) in [7, 11) is 0.971. The highest BCUT2D eigenvalue weighted by atomic mass is 16.7. The molecule has 1 aromatic rings. The minimum absolute atomic E-state index is 0.00200. The molecular formula is C27H37BN2O5. The van der Waals surface area contributed by atoms with E-state index in [1.54, 1.807) is 0 Å². The minimum Gasteiger partial charge on any atom is -0.469 e. The van der Waals surface area contributed by atoms with E-state index in [4.69, 9.17) is 19.0 Å². The topological polar surface area (TPSA) is 77.4 Å². The first-order valence-corrected chi connectivity index (χ1v) is 12.9. The summed E-state index contributed by atoms with van der Waals surface area (Å²) in [6.45, 7) is 12.2. The maximum Gasteiger partial charge on any atom is 0.494 e. The third kappa shape index (κ3) is 4.23. The number of rotatable bonds is 6. The van der Waals surface area contributed by atoms with Crippen molar-refractivity contribution in [1.82, 2.24) is 4.90 Å². The van der Waals surface area contributed by atoms with Gasteiger partial charge in [-0.25, -0.2) is 0 Å². The summed E-state index contributed by atoms with van der Waals surface area (Å²) in [4.78, 5) is 32.7. The molecule has 0 bridgehead atoms. The lowest BCUT2D eigenvalue weighted by atomic mass is 9.78. The van der Waals surface area contributed by atoms with Crippen molar-refractivity contribution in [3.8, 4) is 0 Å². The van der Waals surface area contributed by atoms with E-state index < -0.39 is 7.12 Å². The fraction of sp³-hybridized carbons (Fsp3) is 0.667. The van der Waals surface area contributed by atoms with Gasteiger partial charge < -0.3 is 18.9 Å². The molecule has 8 heteroatoms. The smallest absolute Gasteiger partial charge is 0.469 e. The van der Waals surface area contributed by atoms with E-state index in [1.807, 2.05) is 26.0 Å². The van der Waals surface area contributed by atoms with Crippen LogP contribution in [0.3, 0.4) is 0 Å². The number of aliphatic imine (C=N–C) groups is 1. The SMILES string of the molecule is COC(=O)C[C@H](C(=O)N1C2CC2C[C@H]1C1=Nc2ccc(B3OC(C)(C)C(C)(C)O3)cc2C1)C(C)C. The van der Waals surface area contributed by atoms with Gasteiger partial charge in [-0.05, 0) is 69.5 Å². The number of likely N-dealkylation sites (tertiary alicyclic amines) is 1. The van der Waals surface area contributed by atoms with E-state index in [9.17, 15) is 9.59 Å². The summed E-state index contributed by atoms with van der Waals surface area (Å²) in [5.41, 5.74) is 3.38. The van der Waals surface area contributed by atoms with E-state index in [0.717, 1.165) is 41.7 Å². The van der Waals surface area contributed by atoms with E-state index in [0.29, 0.717) is 5.92 Å². The number of piperidine rings is 1. The van der Waals surface area contributed by atoms with Crippen LogP contribution in [0.5, 0.6) is 0 Å². The number of benzene rings is 1. The lowest BCUT2D eigenvalue weighted by molar-refractivity contribution is -0.148. The third-order valence-electron chi connectivity index (χ3n) is 8.74. The normalized spacial score (nSPS) is 28.6. The molecule has 4 atom stereocenters. The Kier molecular flexibility index (Phi) is 5.91. The molecule has 0 spiro atoms.